The summed E-state index contributed by atoms with van der Waals surface area (Å²) in [4.78, 5) is 0. The number of fused-ring (bicyclic) bond motifs is 5. The van der Waals surface area contributed by atoms with Crippen LogP contribution in [-0.4, -0.2) is 7.85 Å². The molecule has 198 valence electrons. The van der Waals surface area contributed by atoms with E-state index in [1.807, 2.05) is 38.1 Å². The van der Waals surface area contributed by atoms with Crippen molar-refractivity contribution in [2.45, 2.75) is 13.8 Å². The first-order chi connectivity index (χ1) is 20.8. The summed E-state index contributed by atoms with van der Waals surface area (Å²) in [5.41, 5.74) is 9.68. The maximum atomic E-state index is 6.20. The largest absolute Gasteiger partial charge is 0.456 e. The summed E-state index contributed by atoms with van der Waals surface area (Å²) in [6.07, 6.45) is 0. The number of benzene rings is 7. The van der Waals surface area contributed by atoms with Gasteiger partial charge in [-0.2, -0.15) is 0 Å². The van der Waals surface area contributed by atoms with Crippen molar-refractivity contribution in [2.75, 3.05) is 0 Å². The molecule has 1 aromatic heterocycles. The zero-order chi connectivity index (χ0) is 28.6. The summed E-state index contributed by atoms with van der Waals surface area (Å²) in [5, 5.41) is 7.14. The standard InChI is InChI=1S/C38H23BO.C2H6/c39-27-20-21-34-33(23-27)38-28(18-9-19-35(38)40-34)25-12-8-13-26(22-25)37-31-16-6-4-14-29(31)36(24-10-2-1-3-11-24)30-15-5-7-17-32(30)37;1-2/h1-23H;1-2H3. The van der Waals surface area contributed by atoms with Gasteiger partial charge < -0.3 is 4.42 Å². The van der Waals surface area contributed by atoms with E-state index >= 15 is 0 Å². The Kier molecular flexibility index (Phi) is 6.60. The average molecular weight is 536 g/mol. The quantitative estimate of drug-likeness (QED) is 0.162. The molecule has 0 N–H and O–H groups in total. The molecule has 0 atom stereocenters. The third-order valence-electron chi connectivity index (χ3n) is 7.98. The van der Waals surface area contributed by atoms with Crippen LogP contribution in [0, 0.1) is 0 Å². The fraction of sp³-hybridized carbons (Fsp3) is 0.0500. The molecule has 0 amide bonds. The highest BCUT2D eigenvalue weighted by Gasteiger charge is 2.18. The van der Waals surface area contributed by atoms with E-state index in [4.69, 9.17) is 12.3 Å². The minimum Gasteiger partial charge on any atom is -0.456 e. The molecule has 0 spiro atoms. The summed E-state index contributed by atoms with van der Waals surface area (Å²) in [5.74, 6) is 0. The molecular formula is C40H29BO. The fourth-order valence-corrected chi connectivity index (χ4v) is 6.28. The molecule has 2 radical (unpaired) electrons. The first-order valence-corrected chi connectivity index (χ1v) is 14.6. The minimum atomic E-state index is 0.732. The monoisotopic (exact) mass is 536 g/mol. The second-order valence-corrected chi connectivity index (χ2v) is 10.3. The van der Waals surface area contributed by atoms with Crippen molar-refractivity contribution >= 4 is 56.8 Å². The van der Waals surface area contributed by atoms with Gasteiger partial charge in [0, 0.05) is 10.8 Å². The molecule has 0 bridgehead atoms. The highest BCUT2D eigenvalue weighted by molar-refractivity contribution is 6.34. The third kappa shape index (κ3) is 4.19. The second-order valence-electron chi connectivity index (χ2n) is 10.3. The van der Waals surface area contributed by atoms with Crippen molar-refractivity contribution in [2.24, 2.45) is 0 Å². The van der Waals surface area contributed by atoms with Gasteiger partial charge >= 0.3 is 0 Å². The molecule has 0 aliphatic carbocycles. The molecule has 8 rings (SSSR count). The maximum Gasteiger partial charge on any atom is 0.136 e. The molecule has 0 fully saturated rings. The maximum absolute atomic E-state index is 6.20. The van der Waals surface area contributed by atoms with Crippen LogP contribution in [-0.2, 0) is 0 Å². The van der Waals surface area contributed by atoms with Gasteiger partial charge in [-0.1, -0.05) is 141 Å². The topological polar surface area (TPSA) is 13.1 Å². The van der Waals surface area contributed by atoms with Crippen LogP contribution < -0.4 is 5.46 Å². The predicted molar refractivity (Wildman–Crippen MR) is 182 cm³/mol. The van der Waals surface area contributed by atoms with Gasteiger partial charge in [0.15, 0.2) is 0 Å². The van der Waals surface area contributed by atoms with Gasteiger partial charge in [0.2, 0.25) is 0 Å². The smallest absolute Gasteiger partial charge is 0.136 e. The van der Waals surface area contributed by atoms with Gasteiger partial charge in [-0.3, -0.25) is 0 Å². The predicted octanol–water partition coefficient (Wildman–Crippen LogP) is 10.7. The SMILES string of the molecule is CC.[B]c1ccc2oc3cccc(-c4cccc(-c5c6ccccc6c(-c6ccccc6)c6ccccc56)c4)c3c2c1. The first-order valence-electron chi connectivity index (χ1n) is 14.6. The van der Waals surface area contributed by atoms with Gasteiger partial charge in [0.05, 0.1) is 0 Å². The van der Waals surface area contributed by atoms with E-state index in [2.05, 4.69) is 115 Å². The molecule has 0 aliphatic rings. The Morgan fingerprint density at radius 3 is 1.64 bits per heavy atom. The van der Waals surface area contributed by atoms with Crippen molar-refractivity contribution in [3.05, 3.63) is 140 Å². The molecule has 0 saturated carbocycles. The van der Waals surface area contributed by atoms with Crippen molar-refractivity contribution in [1.29, 1.82) is 0 Å². The average Bonchev–Trinajstić information content (AvgIpc) is 3.43. The molecule has 8 aromatic rings. The molecule has 0 saturated heterocycles. The Labute approximate surface area is 247 Å². The van der Waals surface area contributed by atoms with E-state index in [9.17, 15) is 0 Å². The van der Waals surface area contributed by atoms with Gasteiger partial charge in [0.1, 0.15) is 19.0 Å². The Bertz CT molecular complexity index is 2170. The van der Waals surface area contributed by atoms with E-state index in [1.54, 1.807) is 0 Å². The lowest BCUT2D eigenvalue weighted by atomic mass is 9.85. The van der Waals surface area contributed by atoms with Gasteiger partial charge in [-0.25, -0.2) is 0 Å². The van der Waals surface area contributed by atoms with Crippen LogP contribution in [0.3, 0.4) is 0 Å². The highest BCUT2D eigenvalue weighted by atomic mass is 16.3. The van der Waals surface area contributed by atoms with E-state index in [0.29, 0.717) is 0 Å². The third-order valence-corrected chi connectivity index (χ3v) is 7.98. The van der Waals surface area contributed by atoms with Crippen LogP contribution in [0.5, 0.6) is 0 Å². The molecule has 1 nitrogen and oxygen atoms in total. The summed E-state index contributed by atoms with van der Waals surface area (Å²) in [6.45, 7) is 4.00. The lowest BCUT2D eigenvalue weighted by Gasteiger charge is -2.18. The van der Waals surface area contributed by atoms with Gasteiger partial charge in [-0.05, 0) is 73.1 Å². The Morgan fingerprint density at radius 1 is 0.429 bits per heavy atom. The van der Waals surface area contributed by atoms with Crippen LogP contribution in [0.4, 0.5) is 0 Å². The van der Waals surface area contributed by atoms with Crippen LogP contribution in [0.15, 0.2) is 144 Å². The second kappa shape index (κ2) is 10.7. The molecule has 7 aromatic carbocycles. The summed E-state index contributed by atoms with van der Waals surface area (Å²) in [6, 6.07) is 49.3. The highest BCUT2D eigenvalue weighted by Crippen LogP contribution is 2.44. The number of rotatable bonds is 3. The molecule has 0 aliphatic heterocycles. The summed E-state index contributed by atoms with van der Waals surface area (Å²) >= 11 is 0. The summed E-state index contributed by atoms with van der Waals surface area (Å²) < 4.78 is 6.20. The number of hydrogen-bond donors (Lipinski definition) is 0. The van der Waals surface area contributed by atoms with E-state index in [0.717, 1.165) is 38.5 Å². The van der Waals surface area contributed by atoms with Crippen molar-refractivity contribution in [1.82, 2.24) is 0 Å². The normalized spacial score (nSPS) is 11.2. The van der Waals surface area contributed by atoms with Crippen molar-refractivity contribution in [3.63, 3.8) is 0 Å². The molecule has 2 heteroatoms. The van der Waals surface area contributed by atoms with Crippen molar-refractivity contribution in [3.8, 4) is 33.4 Å². The fourth-order valence-electron chi connectivity index (χ4n) is 6.28. The molecular weight excluding hydrogens is 507 g/mol. The number of hydrogen-bond acceptors (Lipinski definition) is 1. The van der Waals surface area contributed by atoms with E-state index in [-0.39, 0.29) is 0 Å². The van der Waals surface area contributed by atoms with Crippen LogP contribution >= 0.6 is 0 Å². The first kappa shape index (κ1) is 25.9. The van der Waals surface area contributed by atoms with Crippen LogP contribution in [0.25, 0.3) is 76.9 Å². The van der Waals surface area contributed by atoms with Crippen molar-refractivity contribution < 1.29 is 4.42 Å². The Morgan fingerprint density at radius 2 is 0.976 bits per heavy atom. The Hall–Kier alpha value is -5.08. The molecule has 0 unspecified atom stereocenters. The zero-order valence-corrected chi connectivity index (χ0v) is 23.8. The zero-order valence-electron chi connectivity index (χ0n) is 23.8. The lowest BCUT2D eigenvalue weighted by molar-refractivity contribution is 0.669. The van der Waals surface area contributed by atoms with Crippen LogP contribution in [0.1, 0.15) is 13.8 Å². The van der Waals surface area contributed by atoms with Crippen LogP contribution in [0.2, 0.25) is 0 Å². The molecule has 1 heterocycles. The van der Waals surface area contributed by atoms with Gasteiger partial charge in [-0.15, -0.1) is 0 Å². The number of furan rings is 1. The van der Waals surface area contributed by atoms with E-state index < -0.39 is 0 Å². The van der Waals surface area contributed by atoms with Gasteiger partial charge in [0.25, 0.3) is 0 Å². The van der Waals surface area contributed by atoms with E-state index in [1.165, 1.54) is 43.8 Å². The summed E-state index contributed by atoms with van der Waals surface area (Å²) in [7, 11) is 6.18. The molecule has 42 heavy (non-hydrogen) atoms. The minimum absolute atomic E-state index is 0.732. The lowest BCUT2D eigenvalue weighted by Crippen LogP contribution is -1.98. The Balaban J connectivity index is 0.00000141.